The van der Waals surface area contributed by atoms with E-state index in [0.717, 1.165) is 22.1 Å². The number of rotatable bonds is 4. The van der Waals surface area contributed by atoms with Crippen molar-refractivity contribution in [1.82, 2.24) is 14.3 Å². The van der Waals surface area contributed by atoms with Crippen LogP contribution in [0.15, 0.2) is 51.9 Å². The minimum absolute atomic E-state index is 0.127. The van der Waals surface area contributed by atoms with E-state index in [9.17, 15) is 9.00 Å². The van der Waals surface area contributed by atoms with Crippen molar-refractivity contribution in [3.8, 4) is 11.4 Å². The number of nitrogens with zero attached hydrogens (tertiary/aromatic N) is 2. The van der Waals surface area contributed by atoms with Gasteiger partial charge in [0, 0.05) is 18.5 Å². The first-order valence-corrected chi connectivity index (χ1v) is 11.4. The number of para-hydroxylation sites is 1. The van der Waals surface area contributed by atoms with Gasteiger partial charge in [-0.25, -0.2) is 13.9 Å². The van der Waals surface area contributed by atoms with Gasteiger partial charge >= 0.3 is 0 Å². The van der Waals surface area contributed by atoms with Gasteiger partial charge in [0.05, 0.1) is 38.5 Å². The molecule has 4 aromatic rings. The van der Waals surface area contributed by atoms with Gasteiger partial charge in [0.15, 0.2) is 0 Å². The Kier molecular flexibility index (Phi) is 5.35. The fraction of sp³-hybridized carbons (Fsp3) is 0.333. The molecule has 4 rings (SSSR count). The molecule has 6 nitrogen and oxygen atoms in total. The average molecular weight is 438 g/mol. The van der Waals surface area contributed by atoms with Gasteiger partial charge in [0.1, 0.15) is 11.4 Å². The largest absolute Gasteiger partial charge is 0.464 e. The smallest absolute Gasteiger partial charge is 0.261 e. The summed E-state index contributed by atoms with van der Waals surface area (Å²) in [5.41, 5.74) is 3.74. The normalized spacial score (nSPS) is 14.3. The molecule has 7 heteroatoms. The summed E-state index contributed by atoms with van der Waals surface area (Å²) in [6, 6.07) is 11.3. The minimum Gasteiger partial charge on any atom is -0.464 e. The van der Waals surface area contributed by atoms with Crippen LogP contribution in [0, 0.1) is 6.92 Å². The standard InChI is InChI=1S/C24H27N3O3S/c1-14-12-18(15(2)26-31(29)24(3,4)5)20-19(13-14)23(28)27(6)22(25-20)17-9-7-8-16-10-11-30-21(16)17/h7-13,15,26H,1-6H3/t15-,31-/m1/s1. The zero-order chi connectivity index (χ0) is 22.5. The minimum atomic E-state index is -1.26. The molecule has 0 bridgehead atoms. The Morgan fingerprint density at radius 1 is 1.19 bits per heavy atom. The lowest BCUT2D eigenvalue weighted by atomic mass is 10.0. The second kappa shape index (κ2) is 7.73. The highest BCUT2D eigenvalue weighted by molar-refractivity contribution is 7.84. The molecule has 2 aromatic carbocycles. The Balaban J connectivity index is 1.96. The summed E-state index contributed by atoms with van der Waals surface area (Å²) in [4.78, 5) is 18.2. The number of aromatic nitrogens is 2. The SMILES string of the molecule is Cc1cc([C@@H](C)N[S@](=O)C(C)(C)C)c2nc(-c3cccc4ccoc34)n(C)c(=O)c2c1. The highest BCUT2D eigenvalue weighted by Gasteiger charge is 2.24. The molecule has 0 fully saturated rings. The maximum Gasteiger partial charge on any atom is 0.261 e. The molecule has 0 unspecified atom stereocenters. The van der Waals surface area contributed by atoms with Gasteiger partial charge in [0.25, 0.3) is 5.56 Å². The molecule has 0 aliphatic heterocycles. The summed E-state index contributed by atoms with van der Waals surface area (Å²) in [7, 11) is 0.469. The molecular formula is C24H27N3O3S. The molecule has 0 aliphatic carbocycles. The van der Waals surface area contributed by atoms with Gasteiger partial charge in [0.2, 0.25) is 0 Å². The Morgan fingerprint density at radius 3 is 2.65 bits per heavy atom. The molecule has 0 radical (unpaired) electrons. The first kappa shape index (κ1) is 21.5. The topological polar surface area (TPSA) is 77.1 Å². The number of fused-ring (bicyclic) bond motifs is 2. The van der Waals surface area contributed by atoms with Crippen LogP contribution in [0.4, 0.5) is 0 Å². The lowest BCUT2D eigenvalue weighted by molar-refractivity contribution is 0.616. The first-order valence-electron chi connectivity index (χ1n) is 10.2. The second-order valence-electron chi connectivity index (χ2n) is 8.92. The molecule has 0 amide bonds. The van der Waals surface area contributed by atoms with Crippen LogP contribution in [-0.4, -0.2) is 18.5 Å². The van der Waals surface area contributed by atoms with Crippen LogP contribution in [0.2, 0.25) is 0 Å². The van der Waals surface area contributed by atoms with Crippen molar-refractivity contribution in [2.24, 2.45) is 7.05 Å². The van der Waals surface area contributed by atoms with Gasteiger partial charge in [-0.2, -0.15) is 0 Å². The summed E-state index contributed by atoms with van der Waals surface area (Å²) in [6.45, 7) is 9.67. The molecular weight excluding hydrogens is 410 g/mol. The van der Waals surface area contributed by atoms with E-state index in [0.29, 0.717) is 22.3 Å². The van der Waals surface area contributed by atoms with Crippen LogP contribution >= 0.6 is 0 Å². The molecule has 0 spiro atoms. The summed E-state index contributed by atoms with van der Waals surface area (Å²) in [6.07, 6.45) is 1.63. The maximum atomic E-state index is 13.3. The Hall–Kier alpha value is -2.77. The fourth-order valence-electron chi connectivity index (χ4n) is 3.69. The average Bonchev–Trinajstić information content (AvgIpc) is 3.18. The molecule has 0 saturated heterocycles. The van der Waals surface area contributed by atoms with Crippen LogP contribution < -0.4 is 10.3 Å². The molecule has 31 heavy (non-hydrogen) atoms. The van der Waals surface area contributed by atoms with Gasteiger partial charge in [-0.3, -0.25) is 9.36 Å². The van der Waals surface area contributed by atoms with Crippen LogP contribution in [0.5, 0.6) is 0 Å². The molecule has 0 saturated carbocycles. The molecule has 0 aliphatic rings. The third-order valence-electron chi connectivity index (χ3n) is 5.38. The fourth-order valence-corrected chi connectivity index (χ4v) is 4.49. The van der Waals surface area contributed by atoms with Crippen molar-refractivity contribution in [2.45, 2.75) is 45.4 Å². The summed E-state index contributed by atoms with van der Waals surface area (Å²) < 4.78 is 22.7. The van der Waals surface area contributed by atoms with E-state index >= 15 is 0 Å². The van der Waals surface area contributed by atoms with Gasteiger partial charge in [-0.1, -0.05) is 18.2 Å². The third-order valence-corrected chi connectivity index (χ3v) is 7.06. The van der Waals surface area contributed by atoms with Crippen molar-refractivity contribution < 1.29 is 8.63 Å². The van der Waals surface area contributed by atoms with Crippen LogP contribution in [0.1, 0.15) is 44.9 Å². The Labute approximate surface area is 183 Å². The van der Waals surface area contributed by atoms with E-state index in [1.807, 2.05) is 71.0 Å². The molecule has 2 heterocycles. The monoisotopic (exact) mass is 437 g/mol. The molecule has 1 N–H and O–H groups in total. The van der Waals surface area contributed by atoms with Crippen molar-refractivity contribution in [2.75, 3.05) is 0 Å². The maximum absolute atomic E-state index is 13.3. The highest BCUT2D eigenvalue weighted by Crippen LogP contribution is 2.30. The first-order chi connectivity index (χ1) is 14.6. The van der Waals surface area contributed by atoms with Crippen LogP contribution in [0.3, 0.4) is 0 Å². The number of nitrogens with one attached hydrogen (secondary N) is 1. The van der Waals surface area contributed by atoms with Crippen molar-refractivity contribution in [3.05, 3.63) is 64.1 Å². The van der Waals surface area contributed by atoms with Gasteiger partial charge in [-0.05, 0) is 63.9 Å². The van der Waals surface area contributed by atoms with Crippen molar-refractivity contribution in [1.29, 1.82) is 0 Å². The summed E-state index contributed by atoms with van der Waals surface area (Å²) in [5.74, 6) is 0.535. The molecule has 2 atom stereocenters. The number of furan rings is 1. The number of aryl methyl sites for hydroxylation is 1. The summed E-state index contributed by atoms with van der Waals surface area (Å²) >= 11 is 0. The quantitative estimate of drug-likeness (QED) is 0.499. The number of hydrogen-bond acceptors (Lipinski definition) is 4. The van der Waals surface area contributed by atoms with Crippen molar-refractivity contribution in [3.63, 3.8) is 0 Å². The summed E-state index contributed by atoms with van der Waals surface area (Å²) in [5, 5.41) is 1.50. The number of benzene rings is 2. The number of hydrogen-bond donors (Lipinski definition) is 1. The molecule has 2 aromatic heterocycles. The lowest BCUT2D eigenvalue weighted by Crippen LogP contribution is -2.35. The third kappa shape index (κ3) is 3.83. The van der Waals surface area contributed by atoms with Gasteiger partial charge < -0.3 is 4.42 Å². The van der Waals surface area contributed by atoms with Crippen molar-refractivity contribution >= 4 is 32.9 Å². The zero-order valence-electron chi connectivity index (χ0n) is 18.6. The predicted molar refractivity (Wildman–Crippen MR) is 126 cm³/mol. The van der Waals surface area contributed by atoms with E-state index in [2.05, 4.69) is 4.72 Å². The zero-order valence-corrected chi connectivity index (χ0v) is 19.5. The van der Waals surface area contributed by atoms with E-state index in [1.54, 1.807) is 17.9 Å². The van der Waals surface area contributed by atoms with E-state index in [1.165, 1.54) is 0 Å². The van der Waals surface area contributed by atoms with E-state index in [-0.39, 0.29) is 11.6 Å². The lowest BCUT2D eigenvalue weighted by Gasteiger charge is -2.23. The van der Waals surface area contributed by atoms with Gasteiger partial charge in [-0.15, -0.1) is 0 Å². The highest BCUT2D eigenvalue weighted by atomic mass is 32.2. The van der Waals surface area contributed by atoms with Crippen LogP contribution in [0.25, 0.3) is 33.3 Å². The Bertz CT molecular complexity index is 1380. The van der Waals surface area contributed by atoms with E-state index in [4.69, 9.17) is 9.40 Å². The molecule has 162 valence electrons. The second-order valence-corrected chi connectivity index (χ2v) is 10.9. The Morgan fingerprint density at radius 2 is 1.94 bits per heavy atom. The van der Waals surface area contributed by atoms with E-state index < -0.39 is 15.7 Å². The van der Waals surface area contributed by atoms with Crippen LogP contribution in [-0.2, 0) is 18.0 Å². The predicted octanol–water partition coefficient (Wildman–Crippen LogP) is 4.77.